The van der Waals surface area contributed by atoms with E-state index in [1.807, 2.05) is 24.7 Å². The molecule has 1 atom stereocenters. The van der Waals surface area contributed by atoms with Gasteiger partial charge in [0.15, 0.2) is 0 Å². The van der Waals surface area contributed by atoms with Crippen LogP contribution in [0.3, 0.4) is 0 Å². The average Bonchev–Trinajstić information content (AvgIpc) is 2.19. The van der Waals surface area contributed by atoms with Crippen molar-refractivity contribution in [2.24, 2.45) is 0 Å². The summed E-state index contributed by atoms with van der Waals surface area (Å²) in [5.41, 5.74) is 0.648. The van der Waals surface area contributed by atoms with Gasteiger partial charge in [-0.05, 0) is 24.7 Å². The Kier molecular flexibility index (Phi) is 3.70. The number of hydrogen-bond acceptors (Lipinski definition) is 2. The normalized spacial score (nSPS) is 12.2. The first-order valence-electron chi connectivity index (χ1n) is 4.50. The molecule has 1 aromatic rings. The van der Waals surface area contributed by atoms with Crippen LogP contribution < -0.4 is 0 Å². The summed E-state index contributed by atoms with van der Waals surface area (Å²) in [4.78, 5) is 11.4. The van der Waals surface area contributed by atoms with Crippen LogP contribution in [0.4, 0.5) is 0 Å². The molecule has 3 heteroatoms. The molecule has 0 saturated heterocycles. The summed E-state index contributed by atoms with van der Waals surface area (Å²) in [5.74, 6) is -0.179. The first-order valence-corrected chi connectivity index (χ1v) is 6.94. The van der Waals surface area contributed by atoms with Crippen molar-refractivity contribution < 1.29 is 9.22 Å². The van der Waals surface area contributed by atoms with Crippen LogP contribution in [0.15, 0.2) is 30.3 Å². The SMILES string of the molecule is CC[SiH](C)OC(=O)c1ccccc1. The van der Waals surface area contributed by atoms with Crippen molar-refractivity contribution in [1.29, 1.82) is 0 Å². The van der Waals surface area contributed by atoms with E-state index in [4.69, 9.17) is 4.43 Å². The molecule has 0 saturated carbocycles. The lowest BCUT2D eigenvalue weighted by Crippen LogP contribution is -2.17. The van der Waals surface area contributed by atoms with Gasteiger partial charge in [-0.2, -0.15) is 0 Å². The number of rotatable bonds is 3. The number of carbonyl (C=O) groups is 1. The highest BCUT2D eigenvalue weighted by molar-refractivity contribution is 6.52. The zero-order chi connectivity index (χ0) is 9.68. The first-order chi connectivity index (χ1) is 6.24. The van der Waals surface area contributed by atoms with Gasteiger partial charge in [0.2, 0.25) is 9.04 Å². The van der Waals surface area contributed by atoms with Gasteiger partial charge in [0.1, 0.15) is 0 Å². The molecule has 13 heavy (non-hydrogen) atoms. The van der Waals surface area contributed by atoms with Crippen LogP contribution in [-0.4, -0.2) is 15.0 Å². The standard InChI is InChI=1S/C10H14O2Si/c1-3-13(2)12-10(11)9-7-5-4-6-8-9/h4-8,13H,3H2,1-2H3. The predicted molar refractivity (Wildman–Crippen MR) is 55.4 cm³/mol. The monoisotopic (exact) mass is 194 g/mol. The van der Waals surface area contributed by atoms with E-state index < -0.39 is 9.04 Å². The maximum atomic E-state index is 11.4. The Balaban J connectivity index is 2.59. The lowest BCUT2D eigenvalue weighted by Gasteiger charge is -2.09. The van der Waals surface area contributed by atoms with E-state index in [0.29, 0.717) is 5.56 Å². The summed E-state index contributed by atoms with van der Waals surface area (Å²) >= 11 is 0. The van der Waals surface area contributed by atoms with Gasteiger partial charge in [-0.25, -0.2) is 4.79 Å². The summed E-state index contributed by atoms with van der Waals surface area (Å²) in [6.07, 6.45) is 0. The van der Waals surface area contributed by atoms with Gasteiger partial charge in [0.25, 0.3) is 0 Å². The topological polar surface area (TPSA) is 26.3 Å². The van der Waals surface area contributed by atoms with E-state index in [-0.39, 0.29) is 5.97 Å². The fraction of sp³-hybridized carbons (Fsp3) is 0.300. The van der Waals surface area contributed by atoms with E-state index in [0.717, 1.165) is 6.04 Å². The Morgan fingerprint density at radius 2 is 2.00 bits per heavy atom. The molecule has 0 spiro atoms. The van der Waals surface area contributed by atoms with Crippen molar-refractivity contribution in [2.75, 3.05) is 0 Å². The number of carbonyl (C=O) groups excluding carboxylic acids is 1. The molecule has 1 aromatic carbocycles. The highest BCUT2D eigenvalue weighted by Gasteiger charge is 2.10. The molecule has 0 aliphatic heterocycles. The maximum absolute atomic E-state index is 11.4. The van der Waals surface area contributed by atoms with Crippen LogP contribution in [0.1, 0.15) is 17.3 Å². The molecular formula is C10H14O2Si. The van der Waals surface area contributed by atoms with Crippen molar-refractivity contribution in [3.8, 4) is 0 Å². The molecule has 1 unspecified atom stereocenters. The molecule has 0 aliphatic rings. The molecule has 0 aromatic heterocycles. The lowest BCUT2D eigenvalue weighted by atomic mass is 10.2. The summed E-state index contributed by atoms with van der Waals surface area (Å²) in [5, 5.41) is 0. The van der Waals surface area contributed by atoms with E-state index in [9.17, 15) is 4.79 Å². The molecule has 0 heterocycles. The van der Waals surface area contributed by atoms with E-state index in [2.05, 4.69) is 6.92 Å². The van der Waals surface area contributed by atoms with Crippen molar-refractivity contribution in [3.05, 3.63) is 35.9 Å². The minimum atomic E-state index is -1.26. The highest BCUT2D eigenvalue weighted by Crippen LogP contribution is 2.03. The van der Waals surface area contributed by atoms with Crippen LogP contribution in [0.5, 0.6) is 0 Å². The molecule has 0 aliphatic carbocycles. The molecule has 1 rings (SSSR count). The van der Waals surface area contributed by atoms with Crippen LogP contribution in [-0.2, 0) is 4.43 Å². The summed E-state index contributed by atoms with van der Waals surface area (Å²) in [7, 11) is -1.26. The van der Waals surface area contributed by atoms with Crippen LogP contribution in [0, 0.1) is 0 Å². The molecule has 0 fully saturated rings. The Labute approximate surface area is 80.3 Å². The minimum Gasteiger partial charge on any atom is -0.519 e. The van der Waals surface area contributed by atoms with Gasteiger partial charge in [0, 0.05) is 0 Å². The Bertz CT molecular complexity index is 272. The molecule has 0 amide bonds. The molecular weight excluding hydrogens is 180 g/mol. The maximum Gasteiger partial charge on any atom is 0.324 e. The van der Waals surface area contributed by atoms with Gasteiger partial charge in [-0.1, -0.05) is 25.1 Å². The third kappa shape index (κ3) is 3.03. The third-order valence-corrected chi connectivity index (χ3v) is 3.66. The minimum absolute atomic E-state index is 0.179. The predicted octanol–water partition coefficient (Wildman–Crippen LogP) is 2.22. The Morgan fingerprint density at radius 3 is 2.54 bits per heavy atom. The van der Waals surface area contributed by atoms with Crippen LogP contribution in [0.25, 0.3) is 0 Å². The second-order valence-corrected chi connectivity index (χ2v) is 5.66. The average molecular weight is 194 g/mol. The smallest absolute Gasteiger partial charge is 0.324 e. The third-order valence-electron chi connectivity index (χ3n) is 1.89. The molecule has 0 N–H and O–H groups in total. The number of hydrogen-bond donors (Lipinski definition) is 0. The van der Waals surface area contributed by atoms with Gasteiger partial charge in [-0.3, -0.25) is 0 Å². The van der Waals surface area contributed by atoms with Gasteiger partial charge >= 0.3 is 5.97 Å². The van der Waals surface area contributed by atoms with E-state index in [1.54, 1.807) is 12.1 Å². The fourth-order valence-corrected chi connectivity index (χ4v) is 1.58. The van der Waals surface area contributed by atoms with Gasteiger partial charge in [-0.15, -0.1) is 0 Å². The highest BCUT2D eigenvalue weighted by atomic mass is 28.3. The van der Waals surface area contributed by atoms with E-state index in [1.165, 1.54) is 0 Å². The van der Waals surface area contributed by atoms with Crippen molar-refractivity contribution in [3.63, 3.8) is 0 Å². The zero-order valence-electron chi connectivity index (χ0n) is 7.99. The second kappa shape index (κ2) is 4.82. The summed E-state index contributed by atoms with van der Waals surface area (Å²) in [6.45, 7) is 4.08. The first kappa shape index (κ1) is 9.99. The van der Waals surface area contributed by atoms with Crippen LogP contribution >= 0.6 is 0 Å². The summed E-state index contributed by atoms with van der Waals surface area (Å²) < 4.78 is 5.29. The van der Waals surface area contributed by atoms with Crippen molar-refractivity contribution >= 4 is 15.0 Å². The quantitative estimate of drug-likeness (QED) is 0.690. The summed E-state index contributed by atoms with van der Waals surface area (Å²) in [6, 6.07) is 10.1. The van der Waals surface area contributed by atoms with Gasteiger partial charge < -0.3 is 4.43 Å². The van der Waals surface area contributed by atoms with Crippen LogP contribution in [0.2, 0.25) is 12.6 Å². The lowest BCUT2D eigenvalue weighted by molar-refractivity contribution is 0.0732. The molecule has 2 nitrogen and oxygen atoms in total. The molecule has 0 radical (unpaired) electrons. The second-order valence-electron chi connectivity index (χ2n) is 2.99. The Morgan fingerprint density at radius 1 is 1.38 bits per heavy atom. The fourth-order valence-electron chi connectivity index (χ4n) is 0.908. The molecule has 70 valence electrons. The van der Waals surface area contributed by atoms with E-state index >= 15 is 0 Å². The zero-order valence-corrected chi connectivity index (χ0v) is 9.14. The Hall–Kier alpha value is -1.09. The van der Waals surface area contributed by atoms with Gasteiger partial charge in [0.05, 0.1) is 5.56 Å². The molecule has 0 bridgehead atoms. The van der Waals surface area contributed by atoms with Crippen molar-refractivity contribution in [2.45, 2.75) is 19.5 Å². The largest absolute Gasteiger partial charge is 0.519 e. The number of benzene rings is 1. The van der Waals surface area contributed by atoms with Crippen molar-refractivity contribution in [1.82, 2.24) is 0 Å².